The Hall–Kier alpha value is -3.22. The summed E-state index contributed by atoms with van der Waals surface area (Å²) in [6.07, 6.45) is 1.73. The van der Waals surface area contributed by atoms with Gasteiger partial charge in [0.05, 0.1) is 5.69 Å². The SMILES string of the molecule is CC(C)c1ccc(OCn2ccc(C(=O)Nc3ccccc3Sc3ccc(Cl)cc3)n2)cc1. The summed E-state index contributed by atoms with van der Waals surface area (Å²) in [5.74, 6) is 0.953. The molecule has 0 aliphatic heterocycles. The summed E-state index contributed by atoms with van der Waals surface area (Å²) in [7, 11) is 0. The number of rotatable bonds is 8. The smallest absolute Gasteiger partial charge is 0.276 e. The number of carbonyl (C=O) groups excluding carboxylic acids is 1. The molecule has 5 nitrogen and oxygen atoms in total. The lowest BCUT2D eigenvalue weighted by molar-refractivity contribution is 0.102. The molecule has 1 aromatic heterocycles. The number of nitrogens with zero attached hydrogens (tertiary/aromatic N) is 2. The van der Waals surface area contributed by atoms with Gasteiger partial charge in [0.2, 0.25) is 0 Å². The average molecular weight is 478 g/mol. The highest BCUT2D eigenvalue weighted by Crippen LogP contribution is 2.34. The van der Waals surface area contributed by atoms with Crippen molar-refractivity contribution in [3.05, 3.63) is 101 Å². The van der Waals surface area contributed by atoms with E-state index < -0.39 is 0 Å². The highest BCUT2D eigenvalue weighted by Gasteiger charge is 2.13. The molecule has 0 bridgehead atoms. The largest absolute Gasteiger partial charge is 0.471 e. The van der Waals surface area contributed by atoms with Crippen molar-refractivity contribution < 1.29 is 9.53 Å². The Kier molecular flexibility index (Phi) is 7.37. The molecule has 0 unspecified atom stereocenters. The van der Waals surface area contributed by atoms with Gasteiger partial charge in [-0.3, -0.25) is 4.79 Å². The second-order valence-electron chi connectivity index (χ2n) is 7.74. The van der Waals surface area contributed by atoms with Crippen LogP contribution < -0.4 is 10.1 Å². The number of hydrogen-bond donors (Lipinski definition) is 1. The van der Waals surface area contributed by atoms with Gasteiger partial charge in [-0.2, -0.15) is 5.10 Å². The standard InChI is InChI=1S/C26H24ClN3O2S/c1-18(2)19-7-11-21(12-8-19)32-17-30-16-15-24(29-30)26(31)28-23-5-3-4-6-25(23)33-22-13-9-20(27)10-14-22/h3-16,18H,17H2,1-2H3,(H,28,31). The number of anilines is 1. The van der Waals surface area contributed by atoms with E-state index in [1.807, 2.05) is 60.7 Å². The topological polar surface area (TPSA) is 56.1 Å². The second-order valence-corrected chi connectivity index (χ2v) is 9.30. The highest BCUT2D eigenvalue weighted by atomic mass is 35.5. The lowest BCUT2D eigenvalue weighted by atomic mass is 10.0. The number of hydrogen-bond acceptors (Lipinski definition) is 4. The number of nitrogens with one attached hydrogen (secondary N) is 1. The predicted octanol–water partition coefficient (Wildman–Crippen LogP) is 7.10. The molecule has 7 heteroatoms. The van der Waals surface area contributed by atoms with Crippen LogP contribution in [0.4, 0.5) is 5.69 Å². The molecule has 33 heavy (non-hydrogen) atoms. The molecule has 1 amide bonds. The number of ether oxygens (including phenoxy) is 1. The fourth-order valence-corrected chi connectivity index (χ4v) is 4.15. The number of aromatic nitrogens is 2. The Morgan fingerprint density at radius 1 is 1.03 bits per heavy atom. The van der Waals surface area contributed by atoms with Crippen LogP contribution in [0.3, 0.4) is 0 Å². The molecule has 0 aliphatic carbocycles. The first kappa shape index (κ1) is 23.0. The summed E-state index contributed by atoms with van der Waals surface area (Å²) in [4.78, 5) is 14.8. The van der Waals surface area contributed by atoms with Crippen molar-refractivity contribution in [3.63, 3.8) is 0 Å². The third kappa shape index (κ3) is 6.18. The normalized spacial score (nSPS) is 10.9. The van der Waals surface area contributed by atoms with E-state index in [4.69, 9.17) is 16.3 Å². The van der Waals surface area contributed by atoms with Gasteiger partial charge in [-0.25, -0.2) is 4.68 Å². The minimum atomic E-state index is -0.279. The molecule has 1 heterocycles. The van der Waals surface area contributed by atoms with Gasteiger partial charge in [-0.15, -0.1) is 0 Å². The van der Waals surface area contributed by atoms with E-state index in [0.717, 1.165) is 21.2 Å². The Bertz CT molecular complexity index is 1220. The van der Waals surface area contributed by atoms with E-state index in [1.54, 1.807) is 28.7 Å². The van der Waals surface area contributed by atoms with Crippen LogP contribution in [-0.2, 0) is 6.73 Å². The van der Waals surface area contributed by atoms with Crippen LogP contribution in [0.5, 0.6) is 5.75 Å². The molecule has 3 aromatic carbocycles. The lowest BCUT2D eigenvalue weighted by Gasteiger charge is -2.10. The van der Waals surface area contributed by atoms with E-state index in [0.29, 0.717) is 16.6 Å². The minimum Gasteiger partial charge on any atom is -0.471 e. The molecular formula is C26H24ClN3O2S. The van der Waals surface area contributed by atoms with Crippen LogP contribution in [0.1, 0.15) is 35.8 Å². The third-order valence-electron chi connectivity index (χ3n) is 4.96. The van der Waals surface area contributed by atoms with Gasteiger partial charge in [0.15, 0.2) is 12.4 Å². The van der Waals surface area contributed by atoms with Crippen LogP contribution in [0.15, 0.2) is 94.9 Å². The molecule has 4 rings (SSSR count). The van der Waals surface area contributed by atoms with Crippen molar-refractivity contribution in [2.24, 2.45) is 0 Å². The molecule has 0 radical (unpaired) electrons. The quantitative estimate of drug-likeness (QED) is 0.294. The zero-order valence-corrected chi connectivity index (χ0v) is 19.9. The zero-order valence-electron chi connectivity index (χ0n) is 18.4. The van der Waals surface area contributed by atoms with Crippen LogP contribution >= 0.6 is 23.4 Å². The van der Waals surface area contributed by atoms with Crippen LogP contribution in [0.2, 0.25) is 5.02 Å². The number of amides is 1. The average Bonchev–Trinajstić information content (AvgIpc) is 3.30. The van der Waals surface area contributed by atoms with Gasteiger partial charge in [0.25, 0.3) is 5.91 Å². The third-order valence-corrected chi connectivity index (χ3v) is 6.30. The van der Waals surface area contributed by atoms with Crippen molar-refractivity contribution >= 4 is 35.0 Å². The van der Waals surface area contributed by atoms with Crippen molar-refractivity contribution in [3.8, 4) is 5.75 Å². The number of para-hydroxylation sites is 1. The summed E-state index contributed by atoms with van der Waals surface area (Å²) in [6, 6.07) is 24.9. The van der Waals surface area contributed by atoms with Crippen molar-refractivity contribution in [1.82, 2.24) is 9.78 Å². The van der Waals surface area contributed by atoms with E-state index in [9.17, 15) is 4.79 Å². The fourth-order valence-electron chi connectivity index (χ4n) is 3.12. The number of benzene rings is 3. The van der Waals surface area contributed by atoms with E-state index >= 15 is 0 Å². The first-order valence-electron chi connectivity index (χ1n) is 10.6. The first-order chi connectivity index (χ1) is 16.0. The molecule has 0 saturated heterocycles. The Balaban J connectivity index is 1.38. The molecule has 0 spiro atoms. The summed E-state index contributed by atoms with van der Waals surface area (Å²) in [6.45, 7) is 4.53. The summed E-state index contributed by atoms with van der Waals surface area (Å²) >= 11 is 7.53. The molecule has 0 fully saturated rings. The van der Waals surface area contributed by atoms with Gasteiger partial charge in [-0.1, -0.05) is 61.5 Å². The molecule has 0 atom stereocenters. The second kappa shape index (κ2) is 10.6. The van der Waals surface area contributed by atoms with Gasteiger partial charge >= 0.3 is 0 Å². The summed E-state index contributed by atoms with van der Waals surface area (Å²) < 4.78 is 7.38. The Morgan fingerprint density at radius 2 is 1.76 bits per heavy atom. The Morgan fingerprint density at radius 3 is 2.48 bits per heavy atom. The number of carbonyl (C=O) groups is 1. The van der Waals surface area contributed by atoms with Crippen molar-refractivity contribution in [2.45, 2.75) is 36.3 Å². The minimum absolute atomic E-state index is 0.220. The van der Waals surface area contributed by atoms with Crippen molar-refractivity contribution in [1.29, 1.82) is 0 Å². The summed E-state index contributed by atoms with van der Waals surface area (Å²) in [5.41, 5.74) is 2.30. The van der Waals surface area contributed by atoms with Gasteiger partial charge < -0.3 is 10.1 Å². The Labute approximate surface area is 202 Å². The van der Waals surface area contributed by atoms with E-state index in [-0.39, 0.29) is 12.6 Å². The number of halogens is 1. The maximum atomic E-state index is 12.8. The van der Waals surface area contributed by atoms with Crippen molar-refractivity contribution in [2.75, 3.05) is 5.32 Å². The van der Waals surface area contributed by atoms with Gasteiger partial charge in [0, 0.05) is 21.0 Å². The van der Waals surface area contributed by atoms with E-state index in [1.165, 1.54) is 5.56 Å². The predicted molar refractivity (Wildman–Crippen MR) is 133 cm³/mol. The molecule has 1 N–H and O–H groups in total. The molecular weight excluding hydrogens is 454 g/mol. The maximum absolute atomic E-state index is 12.8. The molecule has 0 aliphatic rings. The van der Waals surface area contributed by atoms with Crippen LogP contribution in [-0.4, -0.2) is 15.7 Å². The highest BCUT2D eigenvalue weighted by molar-refractivity contribution is 7.99. The summed E-state index contributed by atoms with van der Waals surface area (Å²) in [5, 5.41) is 8.00. The maximum Gasteiger partial charge on any atom is 0.276 e. The molecule has 0 saturated carbocycles. The fraction of sp³-hybridized carbons (Fsp3) is 0.154. The first-order valence-corrected chi connectivity index (χ1v) is 11.8. The lowest BCUT2D eigenvalue weighted by Crippen LogP contribution is -2.14. The van der Waals surface area contributed by atoms with E-state index in [2.05, 4.69) is 36.4 Å². The monoisotopic (exact) mass is 477 g/mol. The van der Waals surface area contributed by atoms with Crippen LogP contribution in [0.25, 0.3) is 0 Å². The zero-order chi connectivity index (χ0) is 23.2. The van der Waals surface area contributed by atoms with Gasteiger partial charge in [0.1, 0.15) is 5.75 Å². The van der Waals surface area contributed by atoms with Gasteiger partial charge in [-0.05, 0) is 66.1 Å². The molecule has 168 valence electrons. The van der Waals surface area contributed by atoms with Crippen LogP contribution in [0, 0.1) is 0 Å². The molecule has 4 aromatic rings.